The van der Waals surface area contributed by atoms with Crippen LogP contribution in [0.25, 0.3) is 0 Å². The van der Waals surface area contributed by atoms with Gasteiger partial charge < -0.3 is 19.8 Å². The number of anilines is 1. The van der Waals surface area contributed by atoms with Gasteiger partial charge in [-0.1, -0.05) is 65.3 Å². The van der Waals surface area contributed by atoms with Gasteiger partial charge in [-0.05, 0) is 30.7 Å². The number of para-hydroxylation sites is 2. The van der Waals surface area contributed by atoms with Crippen molar-refractivity contribution in [3.8, 4) is 5.75 Å². The second kappa shape index (κ2) is 10.2. The van der Waals surface area contributed by atoms with Crippen LogP contribution >= 0.6 is 0 Å². The fourth-order valence-corrected chi connectivity index (χ4v) is 3.68. The van der Waals surface area contributed by atoms with Crippen molar-refractivity contribution < 1.29 is 18.8 Å². The van der Waals surface area contributed by atoms with Crippen LogP contribution in [0, 0.1) is 12.7 Å². The third-order valence-corrected chi connectivity index (χ3v) is 5.50. The van der Waals surface area contributed by atoms with Crippen molar-refractivity contribution in [3.63, 3.8) is 0 Å². The van der Waals surface area contributed by atoms with Gasteiger partial charge in [0.1, 0.15) is 11.6 Å². The molecule has 1 N–H and O–H groups in total. The smallest absolute Gasteiger partial charge is 0.322 e. The van der Waals surface area contributed by atoms with Gasteiger partial charge in [-0.3, -0.25) is 0 Å². The number of amides is 2. The van der Waals surface area contributed by atoms with E-state index in [1.165, 1.54) is 16.5 Å². The van der Waals surface area contributed by atoms with Crippen LogP contribution in [0.3, 0.4) is 0 Å². The summed E-state index contributed by atoms with van der Waals surface area (Å²) in [6.07, 6.45) is 0.218. The highest BCUT2D eigenvalue weighted by Gasteiger charge is 2.27. The summed E-state index contributed by atoms with van der Waals surface area (Å²) in [7, 11) is 1.54. The number of carbonyl (C=O) groups excluding carboxylic acids is 1. The number of hydrogen-bond acceptors (Lipinski definition) is 4. The molecule has 0 saturated heterocycles. The number of nitrogens with zero attached hydrogens (tertiary/aromatic N) is 2. The van der Waals surface area contributed by atoms with Gasteiger partial charge in [0.15, 0.2) is 6.10 Å². The molecule has 3 aromatic rings. The van der Waals surface area contributed by atoms with E-state index in [2.05, 4.69) is 10.5 Å². The number of nitrogens with one attached hydrogen (secondary N) is 1. The normalized spacial score (nSPS) is 14.9. The van der Waals surface area contributed by atoms with Crippen LogP contribution < -0.4 is 10.1 Å². The second-order valence-corrected chi connectivity index (χ2v) is 7.94. The number of hydrogen-bond donors (Lipinski definition) is 1. The van der Waals surface area contributed by atoms with Crippen LogP contribution in [0.2, 0.25) is 0 Å². The molecule has 0 bridgehead atoms. The molecule has 6 nitrogen and oxygen atoms in total. The summed E-state index contributed by atoms with van der Waals surface area (Å²) >= 11 is 0. The Morgan fingerprint density at radius 1 is 1.12 bits per heavy atom. The number of aryl methyl sites for hydroxylation is 1. The number of oxime groups is 1. The molecule has 1 aliphatic rings. The maximum atomic E-state index is 14.4. The minimum Gasteiger partial charge on any atom is -0.495 e. The molecule has 2 amide bonds. The maximum Gasteiger partial charge on any atom is 0.322 e. The van der Waals surface area contributed by atoms with E-state index in [9.17, 15) is 9.18 Å². The zero-order valence-electron chi connectivity index (χ0n) is 18.6. The number of ether oxygens (including phenoxy) is 1. The van der Waals surface area contributed by atoms with Gasteiger partial charge in [0.25, 0.3) is 0 Å². The molecular formula is C26H26FN3O3. The van der Waals surface area contributed by atoms with Crippen LogP contribution in [0.5, 0.6) is 5.75 Å². The average Bonchev–Trinajstić information content (AvgIpc) is 3.29. The standard InChI is InChI=1S/C26H26FN3O3/c1-18-11-13-19(14-12-18)24-15-21(33-29-24)17-30(16-20-7-3-4-8-22(20)27)26(31)28-23-9-5-6-10-25(23)32-2/h3-14,21H,15-17H2,1-2H3,(H,28,31)/t21-/m0/s1. The van der Waals surface area contributed by atoms with Crippen molar-refractivity contribution in [1.29, 1.82) is 0 Å². The number of halogens is 1. The van der Waals surface area contributed by atoms with Gasteiger partial charge in [-0.2, -0.15) is 0 Å². The van der Waals surface area contributed by atoms with E-state index in [-0.39, 0.29) is 31.0 Å². The Labute approximate surface area is 192 Å². The summed E-state index contributed by atoms with van der Waals surface area (Å²) in [5.41, 5.74) is 3.94. The fourth-order valence-electron chi connectivity index (χ4n) is 3.68. The van der Waals surface area contributed by atoms with Crippen LogP contribution in [0.1, 0.15) is 23.1 Å². The Kier molecular flexibility index (Phi) is 6.88. The van der Waals surface area contributed by atoms with Crippen molar-refractivity contribution in [3.05, 3.63) is 95.3 Å². The van der Waals surface area contributed by atoms with Crippen molar-refractivity contribution in [2.45, 2.75) is 26.0 Å². The molecule has 7 heteroatoms. The minimum atomic E-state index is -0.380. The predicted molar refractivity (Wildman–Crippen MR) is 126 cm³/mol. The molecule has 1 aliphatic heterocycles. The van der Waals surface area contributed by atoms with Crippen LogP contribution in [0.15, 0.2) is 78.0 Å². The van der Waals surface area contributed by atoms with E-state index in [4.69, 9.17) is 9.57 Å². The first kappa shape index (κ1) is 22.3. The third-order valence-electron chi connectivity index (χ3n) is 5.50. The quantitative estimate of drug-likeness (QED) is 0.530. The van der Waals surface area contributed by atoms with Crippen molar-refractivity contribution >= 4 is 17.4 Å². The van der Waals surface area contributed by atoms with E-state index in [1.54, 1.807) is 43.5 Å². The van der Waals surface area contributed by atoms with Crippen LogP contribution in [0.4, 0.5) is 14.9 Å². The number of rotatable bonds is 7. The lowest BCUT2D eigenvalue weighted by atomic mass is 10.0. The Hall–Kier alpha value is -3.87. The lowest BCUT2D eigenvalue weighted by Crippen LogP contribution is -2.40. The largest absolute Gasteiger partial charge is 0.495 e. The molecule has 1 heterocycles. The fraction of sp³-hybridized carbons (Fsp3) is 0.231. The molecule has 1 atom stereocenters. The number of urea groups is 1. The summed E-state index contributed by atoms with van der Waals surface area (Å²) in [4.78, 5) is 20.4. The van der Waals surface area contributed by atoms with Crippen molar-refractivity contribution in [2.24, 2.45) is 5.16 Å². The highest BCUT2D eigenvalue weighted by Crippen LogP contribution is 2.25. The monoisotopic (exact) mass is 447 g/mol. The molecule has 0 radical (unpaired) electrons. The molecule has 4 rings (SSSR count). The lowest BCUT2D eigenvalue weighted by Gasteiger charge is -2.26. The van der Waals surface area contributed by atoms with Gasteiger partial charge in [0.05, 0.1) is 31.6 Å². The summed E-state index contributed by atoms with van der Waals surface area (Å²) in [6, 6.07) is 21.3. The van der Waals surface area contributed by atoms with Gasteiger partial charge in [-0.15, -0.1) is 0 Å². The Bertz CT molecular complexity index is 1150. The summed E-state index contributed by atoms with van der Waals surface area (Å²) in [6.45, 7) is 2.36. The zero-order chi connectivity index (χ0) is 23.2. The first-order chi connectivity index (χ1) is 16.0. The van der Waals surface area contributed by atoms with Gasteiger partial charge >= 0.3 is 6.03 Å². The topological polar surface area (TPSA) is 63.2 Å². The molecular weight excluding hydrogens is 421 g/mol. The number of methoxy groups -OCH3 is 1. The minimum absolute atomic E-state index is 0.0907. The Morgan fingerprint density at radius 2 is 1.85 bits per heavy atom. The van der Waals surface area contributed by atoms with E-state index in [1.807, 2.05) is 37.3 Å². The Morgan fingerprint density at radius 3 is 2.61 bits per heavy atom. The Balaban J connectivity index is 1.50. The van der Waals surface area contributed by atoms with E-state index < -0.39 is 0 Å². The molecule has 3 aromatic carbocycles. The molecule has 0 unspecified atom stereocenters. The van der Waals surface area contributed by atoms with E-state index in [0.717, 1.165) is 11.3 Å². The molecule has 0 aliphatic carbocycles. The molecule has 0 spiro atoms. The molecule has 0 fully saturated rings. The van der Waals surface area contributed by atoms with Crippen LogP contribution in [-0.2, 0) is 11.4 Å². The summed E-state index contributed by atoms with van der Waals surface area (Å²) in [5.74, 6) is 0.176. The van der Waals surface area contributed by atoms with Crippen molar-refractivity contribution in [2.75, 3.05) is 19.0 Å². The lowest BCUT2D eigenvalue weighted by molar-refractivity contribution is 0.0606. The summed E-state index contributed by atoms with van der Waals surface area (Å²) in [5, 5.41) is 7.10. The highest BCUT2D eigenvalue weighted by atomic mass is 19.1. The number of benzene rings is 3. The molecule has 0 aromatic heterocycles. The first-order valence-corrected chi connectivity index (χ1v) is 10.8. The average molecular weight is 448 g/mol. The maximum absolute atomic E-state index is 14.4. The number of carbonyl (C=O) groups is 1. The van der Waals surface area contributed by atoms with Gasteiger partial charge in [0, 0.05) is 12.0 Å². The van der Waals surface area contributed by atoms with Crippen molar-refractivity contribution in [1.82, 2.24) is 4.90 Å². The zero-order valence-corrected chi connectivity index (χ0v) is 18.6. The molecule has 33 heavy (non-hydrogen) atoms. The van der Waals surface area contributed by atoms with Crippen LogP contribution in [-0.4, -0.2) is 36.4 Å². The molecule has 0 saturated carbocycles. The second-order valence-electron chi connectivity index (χ2n) is 7.94. The molecule has 170 valence electrons. The van der Waals surface area contributed by atoms with E-state index >= 15 is 0 Å². The van der Waals surface area contributed by atoms with Gasteiger partial charge in [-0.25, -0.2) is 9.18 Å². The SMILES string of the molecule is COc1ccccc1NC(=O)N(Cc1ccccc1F)C[C@@H]1CC(c2ccc(C)cc2)=NO1. The van der Waals surface area contributed by atoms with Gasteiger partial charge in [0.2, 0.25) is 0 Å². The summed E-state index contributed by atoms with van der Waals surface area (Å²) < 4.78 is 19.7. The van der Waals surface area contributed by atoms with E-state index in [0.29, 0.717) is 23.4 Å². The third kappa shape index (κ3) is 5.49. The first-order valence-electron chi connectivity index (χ1n) is 10.8. The highest BCUT2D eigenvalue weighted by molar-refractivity contribution is 6.01. The predicted octanol–water partition coefficient (Wildman–Crippen LogP) is 5.37.